The van der Waals surface area contributed by atoms with Crippen LogP contribution in [0.1, 0.15) is 5.56 Å². The number of fused-ring (bicyclic) bond motifs is 1. The monoisotopic (exact) mass is 541 g/mol. The van der Waals surface area contributed by atoms with E-state index in [0.717, 1.165) is 10.8 Å². The number of aliphatic hydroxyl groups is 1. The molecule has 15 heteroatoms. The lowest BCUT2D eigenvalue weighted by molar-refractivity contribution is 0.135. The molecule has 1 saturated heterocycles. The molecule has 1 aromatic carbocycles. The van der Waals surface area contributed by atoms with Crippen molar-refractivity contribution in [1.82, 2.24) is 15.1 Å². The number of nitrogens with one attached hydrogen (secondary N) is 4. The van der Waals surface area contributed by atoms with E-state index in [0.29, 0.717) is 53.1 Å². The summed E-state index contributed by atoms with van der Waals surface area (Å²) in [6, 6.07) is 10.5. The number of nitrogens with two attached hydrogens (primary N) is 2. The predicted octanol–water partition coefficient (Wildman–Crippen LogP) is 2.01. The summed E-state index contributed by atoms with van der Waals surface area (Å²) in [5, 5.41) is 26.5. The van der Waals surface area contributed by atoms with Gasteiger partial charge in [-0.1, -0.05) is 6.07 Å². The first-order valence-corrected chi connectivity index (χ1v) is 12.0. The van der Waals surface area contributed by atoms with Crippen molar-refractivity contribution in [3.63, 3.8) is 0 Å². The number of hydrogen-bond acceptors (Lipinski definition) is 12. The Morgan fingerprint density at radius 1 is 1.21 bits per heavy atom. The normalized spacial score (nSPS) is 16.7. The second kappa shape index (κ2) is 10.6. The highest BCUT2D eigenvalue weighted by Crippen LogP contribution is 2.41. The summed E-state index contributed by atoms with van der Waals surface area (Å²) in [6.45, 7) is 1.12. The van der Waals surface area contributed by atoms with Gasteiger partial charge in [0.15, 0.2) is 23.6 Å². The van der Waals surface area contributed by atoms with E-state index in [4.69, 9.17) is 16.3 Å². The molecular weight excluding hydrogens is 512 g/mol. The van der Waals surface area contributed by atoms with Crippen LogP contribution in [0.25, 0.3) is 0 Å². The molecule has 2 aliphatic rings. The van der Waals surface area contributed by atoms with Crippen LogP contribution in [0.2, 0.25) is 0 Å². The van der Waals surface area contributed by atoms with Gasteiger partial charge in [-0.15, -0.1) is 5.10 Å². The molecule has 1 fully saturated rings. The molecule has 0 spiro atoms. The molecule has 13 nitrogen and oxygen atoms in total. The molecule has 5 rings (SSSR count). The summed E-state index contributed by atoms with van der Waals surface area (Å²) < 4.78 is 32.7. The molecule has 206 valence electrons. The standard InChI is InChI=1S/C24H29F2N11O2/c1-36(28)35-22(27)14-4-3-5-15(20(14)39-2)30-16-8-18(32-23-19(16)33-24(34-23)21(25)26)31-17-7-6-12(9-29-17)37-10-13(38)11-37/h3-9,13,21,24,33,38H,10-11,28H2,1-2H3,(H2,27,35)(H3,29,30,31,32,34). The van der Waals surface area contributed by atoms with E-state index in [2.05, 4.69) is 36.3 Å². The minimum atomic E-state index is -2.68. The van der Waals surface area contributed by atoms with Gasteiger partial charge in [0.1, 0.15) is 17.3 Å². The Morgan fingerprint density at radius 3 is 2.64 bits per heavy atom. The number of hydrogen-bond donors (Lipinski definition) is 7. The Kier molecular flexibility index (Phi) is 7.08. The fraction of sp³-hybridized carbons (Fsp3) is 0.292. The molecule has 0 radical (unpaired) electrons. The molecule has 3 aromatic rings. The van der Waals surface area contributed by atoms with Crippen molar-refractivity contribution in [3.05, 3.63) is 48.2 Å². The van der Waals surface area contributed by atoms with E-state index in [1.807, 2.05) is 11.0 Å². The lowest BCUT2D eigenvalue weighted by atomic mass is 10.1. The van der Waals surface area contributed by atoms with Crippen LogP contribution in [0.3, 0.4) is 0 Å². The van der Waals surface area contributed by atoms with Gasteiger partial charge in [0, 0.05) is 26.2 Å². The molecule has 4 heterocycles. The van der Waals surface area contributed by atoms with Gasteiger partial charge in [-0.2, -0.15) is 0 Å². The SMILES string of the molecule is COc1c(Nc2cc(Nc3ccc(N4CC(O)C4)cn3)nc3c2NC(C(F)F)N3)cccc1/C(N)=N/N(C)N. The zero-order valence-electron chi connectivity index (χ0n) is 21.2. The summed E-state index contributed by atoms with van der Waals surface area (Å²) in [5.41, 5.74) is 8.80. The highest BCUT2D eigenvalue weighted by Gasteiger charge is 2.31. The number of methoxy groups -OCH3 is 1. The van der Waals surface area contributed by atoms with Gasteiger partial charge >= 0.3 is 0 Å². The quantitative estimate of drug-likeness (QED) is 0.0910. The van der Waals surface area contributed by atoms with Crippen molar-refractivity contribution in [2.75, 3.05) is 53.4 Å². The van der Waals surface area contributed by atoms with Crippen LogP contribution in [0.15, 0.2) is 47.7 Å². The molecule has 2 aliphatic heterocycles. The third-order valence-corrected chi connectivity index (χ3v) is 6.12. The number of alkyl halides is 2. The Balaban J connectivity index is 1.46. The molecule has 0 bridgehead atoms. The van der Waals surface area contributed by atoms with Crippen LogP contribution in [0.4, 0.5) is 49.0 Å². The summed E-state index contributed by atoms with van der Waals surface area (Å²) in [5.74, 6) is 7.21. The smallest absolute Gasteiger partial charge is 0.276 e. The number of pyridine rings is 2. The Hall–Kier alpha value is -4.63. The zero-order chi connectivity index (χ0) is 27.7. The number of rotatable bonds is 9. The van der Waals surface area contributed by atoms with Gasteiger partial charge < -0.3 is 41.7 Å². The Morgan fingerprint density at radius 2 is 2.00 bits per heavy atom. The molecule has 1 atom stereocenters. The fourth-order valence-corrected chi connectivity index (χ4v) is 4.29. The van der Waals surface area contributed by atoms with Crippen LogP contribution in [-0.4, -0.2) is 72.0 Å². The maximum atomic E-state index is 13.6. The summed E-state index contributed by atoms with van der Waals surface area (Å²) in [6.07, 6.45) is -2.63. The first kappa shape index (κ1) is 26.0. The van der Waals surface area contributed by atoms with Crippen molar-refractivity contribution < 1.29 is 18.6 Å². The number of anilines is 7. The first-order chi connectivity index (χ1) is 18.7. The van der Waals surface area contributed by atoms with Gasteiger partial charge in [-0.05, 0) is 24.3 Å². The lowest BCUT2D eigenvalue weighted by Gasteiger charge is -2.37. The highest BCUT2D eigenvalue weighted by molar-refractivity contribution is 6.02. The zero-order valence-corrected chi connectivity index (χ0v) is 21.2. The Labute approximate surface area is 222 Å². The second-order valence-corrected chi connectivity index (χ2v) is 9.04. The number of benzene rings is 1. The van der Waals surface area contributed by atoms with Crippen molar-refractivity contribution in [1.29, 1.82) is 0 Å². The van der Waals surface area contributed by atoms with Crippen LogP contribution < -0.4 is 42.5 Å². The lowest BCUT2D eigenvalue weighted by Crippen LogP contribution is -2.50. The van der Waals surface area contributed by atoms with Gasteiger partial charge in [-0.25, -0.2) is 29.7 Å². The molecular formula is C24H29F2N11O2. The minimum Gasteiger partial charge on any atom is -0.494 e. The van der Waals surface area contributed by atoms with Crippen molar-refractivity contribution in [3.8, 4) is 5.75 Å². The maximum Gasteiger partial charge on any atom is 0.276 e. The third-order valence-electron chi connectivity index (χ3n) is 6.12. The highest BCUT2D eigenvalue weighted by atomic mass is 19.3. The summed E-state index contributed by atoms with van der Waals surface area (Å²) in [4.78, 5) is 10.9. The molecule has 0 amide bonds. The number of para-hydroxylation sites is 1. The molecule has 9 N–H and O–H groups in total. The van der Waals surface area contributed by atoms with Gasteiger partial charge in [0.25, 0.3) is 6.43 Å². The Bertz CT molecular complexity index is 1360. The largest absolute Gasteiger partial charge is 0.494 e. The molecule has 0 aliphatic carbocycles. The number of nitrogens with zero attached hydrogens (tertiary/aromatic N) is 5. The molecule has 1 unspecified atom stereocenters. The van der Waals surface area contributed by atoms with Gasteiger partial charge in [0.05, 0.1) is 42.0 Å². The van der Waals surface area contributed by atoms with Crippen molar-refractivity contribution in [2.24, 2.45) is 16.7 Å². The van der Waals surface area contributed by atoms with E-state index < -0.39 is 12.6 Å². The summed E-state index contributed by atoms with van der Waals surface area (Å²) >= 11 is 0. The van der Waals surface area contributed by atoms with Gasteiger partial charge in [-0.3, -0.25) is 0 Å². The van der Waals surface area contributed by atoms with Crippen molar-refractivity contribution in [2.45, 2.75) is 18.7 Å². The third kappa shape index (κ3) is 5.49. The van der Waals surface area contributed by atoms with E-state index in [-0.39, 0.29) is 17.8 Å². The van der Waals surface area contributed by atoms with Crippen LogP contribution in [0.5, 0.6) is 5.75 Å². The van der Waals surface area contributed by atoms with E-state index >= 15 is 0 Å². The van der Waals surface area contributed by atoms with Crippen molar-refractivity contribution >= 4 is 46.0 Å². The topological polar surface area (TPSA) is 174 Å². The number of halogens is 2. The average Bonchev–Trinajstić information content (AvgIpc) is 3.32. The number of ether oxygens (including phenoxy) is 1. The summed E-state index contributed by atoms with van der Waals surface area (Å²) in [7, 11) is 3.02. The van der Waals surface area contributed by atoms with Gasteiger partial charge in [0.2, 0.25) is 0 Å². The van der Waals surface area contributed by atoms with E-state index in [9.17, 15) is 13.9 Å². The van der Waals surface area contributed by atoms with E-state index in [1.165, 1.54) is 14.2 Å². The second-order valence-electron chi connectivity index (χ2n) is 9.04. The predicted molar refractivity (Wildman–Crippen MR) is 146 cm³/mol. The number of hydrazone groups is 1. The number of amidine groups is 1. The molecule has 0 saturated carbocycles. The minimum absolute atomic E-state index is 0.127. The number of β-amino-alcohol motifs (C(OH)–C–C–N with tert-alkyl or cyclic N) is 1. The van der Waals surface area contributed by atoms with Crippen LogP contribution in [0, 0.1) is 0 Å². The fourth-order valence-electron chi connectivity index (χ4n) is 4.29. The molecule has 2 aromatic heterocycles. The first-order valence-electron chi connectivity index (χ1n) is 12.0. The van der Waals surface area contributed by atoms with E-state index in [1.54, 1.807) is 36.5 Å². The van der Waals surface area contributed by atoms with Crippen LogP contribution in [-0.2, 0) is 0 Å². The molecule has 39 heavy (non-hydrogen) atoms. The average molecular weight is 542 g/mol. The number of aliphatic hydroxyl groups excluding tert-OH is 1. The number of aromatic nitrogens is 2. The maximum absolute atomic E-state index is 13.6. The number of hydrazine groups is 1. The van der Waals surface area contributed by atoms with Crippen LogP contribution >= 0.6 is 0 Å².